The second-order valence-corrected chi connectivity index (χ2v) is 6.61. The number of nitro benzene ring substituents is 1. The molecule has 134 valence electrons. The van der Waals surface area contributed by atoms with Crippen molar-refractivity contribution in [3.8, 4) is 22.9 Å². The molecule has 0 bridgehead atoms. The van der Waals surface area contributed by atoms with Crippen molar-refractivity contribution in [1.82, 2.24) is 14.9 Å². The Morgan fingerprint density at radius 3 is 2.67 bits per heavy atom. The van der Waals surface area contributed by atoms with Gasteiger partial charge >= 0.3 is 0 Å². The topological polar surface area (TPSA) is 104 Å². The van der Waals surface area contributed by atoms with Gasteiger partial charge in [0.2, 0.25) is 11.9 Å². The van der Waals surface area contributed by atoms with Crippen molar-refractivity contribution >= 4 is 23.1 Å². The van der Waals surface area contributed by atoms with Crippen molar-refractivity contribution in [3.05, 3.63) is 63.6 Å². The first-order valence-electron chi connectivity index (χ1n) is 7.93. The standard InChI is InChI=1S/C17H11N5O4S/c23-22(24)12-4-1-10(2-5-12)13-8-27-17-19-18-16(21(17)20-13)11-3-6-14-15(7-11)26-9-25-14/h1-8,20H,9H2. The summed E-state index contributed by atoms with van der Waals surface area (Å²) in [6, 6.07) is 11.9. The highest BCUT2D eigenvalue weighted by atomic mass is 32.2. The number of nitro groups is 1. The molecule has 2 aromatic carbocycles. The second-order valence-electron chi connectivity index (χ2n) is 5.77. The molecular weight excluding hydrogens is 370 g/mol. The Kier molecular flexibility index (Phi) is 3.50. The molecule has 3 heterocycles. The lowest BCUT2D eigenvalue weighted by Gasteiger charge is -2.19. The fourth-order valence-electron chi connectivity index (χ4n) is 2.82. The van der Waals surface area contributed by atoms with E-state index in [9.17, 15) is 10.1 Å². The average Bonchev–Trinajstić information content (AvgIpc) is 3.33. The lowest BCUT2D eigenvalue weighted by molar-refractivity contribution is -0.384. The van der Waals surface area contributed by atoms with E-state index in [1.54, 1.807) is 16.8 Å². The molecular formula is C17H11N5O4S. The molecule has 3 aromatic rings. The van der Waals surface area contributed by atoms with Crippen molar-refractivity contribution in [2.75, 3.05) is 12.2 Å². The molecule has 0 unspecified atom stereocenters. The van der Waals surface area contributed by atoms with Crippen LogP contribution >= 0.6 is 11.8 Å². The highest BCUT2D eigenvalue weighted by Crippen LogP contribution is 2.37. The first kappa shape index (κ1) is 15.7. The molecule has 0 aliphatic carbocycles. The molecule has 0 fully saturated rings. The molecule has 5 rings (SSSR count). The van der Waals surface area contributed by atoms with Crippen LogP contribution < -0.4 is 14.9 Å². The van der Waals surface area contributed by atoms with Crippen LogP contribution in [0.3, 0.4) is 0 Å². The molecule has 0 saturated carbocycles. The summed E-state index contributed by atoms with van der Waals surface area (Å²) in [5, 5.41) is 21.9. The maximum Gasteiger partial charge on any atom is 0.269 e. The number of fused-ring (bicyclic) bond motifs is 2. The third kappa shape index (κ3) is 2.66. The molecule has 0 atom stereocenters. The number of aromatic nitrogens is 3. The predicted octanol–water partition coefficient (Wildman–Crippen LogP) is 3.23. The van der Waals surface area contributed by atoms with Gasteiger partial charge in [0.1, 0.15) is 0 Å². The highest BCUT2D eigenvalue weighted by molar-refractivity contribution is 8.02. The predicted molar refractivity (Wildman–Crippen MR) is 97.9 cm³/mol. The van der Waals surface area contributed by atoms with Gasteiger partial charge in [-0.05, 0) is 30.3 Å². The average molecular weight is 381 g/mol. The van der Waals surface area contributed by atoms with Crippen LogP contribution in [0.1, 0.15) is 5.56 Å². The Morgan fingerprint density at radius 1 is 1.07 bits per heavy atom. The summed E-state index contributed by atoms with van der Waals surface area (Å²) in [7, 11) is 0. The van der Waals surface area contributed by atoms with Crippen LogP contribution in [0.25, 0.3) is 17.1 Å². The zero-order valence-electron chi connectivity index (χ0n) is 13.7. The molecule has 2 aliphatic rings. The summed E-state index contributed by atoms with van der Waals surface area (Å²) < 4.78 is 12.6. The third-order valence-electron chi connectivity index (χ3n) is 4.17. The Hall–Kier alpha value is -3.53. The number of rotatable bonds is 3. The number of non-ortho nitro benzene ring substituents is 1. The van der Waals surface area contributed by atoms with E-state index >= 15 is 0 Å². The summed E-state index contributed by atoms with van der Waals surface area (Å²) in [5.41, 5.74) is 5.77. The minimum Gasteiger partial charge on any atom is -0.454 e. The van der Waals surface area contributed by atoms with E-state index in [1.165, 1.54) is 23.9 Å². The van der Waals surface area contributed by atoms with E-state index < -0.39 is 4.92 Å². The lowest BCUT2D eigenvalue weighted by Crippen LogP contribution is -2.18. The van der Waals surface area contributed by atoms with Crippen LogP contribution in [0.4, 0.5) is 5.69 Å². The number of benzene rings is 2. The summed E-state index contributed by atoms with van der Waals surface area (Å²) >= 11 is 1.42. The molecule has 1 N–H and O–H groups in total. The maximum absolute atomic E-state index is 10.8. The lowest BCUT2D eigenvalue weighted by atomic mass is 10.1. The number of hydrogen-bond donors (Lipinski definition) is 1. The van der Waals surface area contributed by atoms with Crippen molar-refractivity contribution < 1.29 is 14.4 Å². The van der Waals surface area contributed by atoms with Gasteiger partial charge in [-0.25, -0.2) is 4.68 Å². The van der Waals surface area contributed by atoms with Crippen LogP contribution in [0, 0.1) is 10.1 Å². The summed E-state index contributed by atoms with van der Waals surface area (Å²) in [6.07, 6.45) is 0. The highest BCUT2D eigenvalue weighted by Gasteiger charge is 2.22. The SMILES string of the molecule is O=[N+]([O-])c1ccc(C2=CSc3nnc(-c4ccc5c(c4)OCO5)n3N2)cc1. The van der Waals surface area contributed by atoms with Gasteiger partial charge in [0.15, 0.2) is 17.3 Å². The fraction of sp³-hybridized carbons (Fsp3) is 0.0588. The van der Waals surface area contributed by atoms with Gasteiger partial charge in [0.05, 0.1) is 10.6 Å². The van der Waals surface area contributed by atoms with Crippen LogP contribution in [0.15, 0.2) is 53.0 Å². The van der Waals surface area contributed by atoms with Crippen LogP contribution in [0.5, 0.6) is 11.5 Å². The van der Waals surface area contributed by atoms with E-state index in [1.807, 2.05) is 23.6 Å². The fourth-order valence-corrected chi connectivity index (χ4v) is 3.56. The number of thioether (sulfide) groups is 1. The molecule has 27 heavy (non-hydrogen) atoms. The van der Waals surface area contributed by atoms with Crippen molar-refractivity contribution in [3.63, 3.8) is 0 Å². The number of hydrogen-bond acceptors (Lipinski definition) is 8. The molecule has 0 radical (unpaired) electrons. The van der Waals surface area contributed by atoms with E-state index in [2.05, 4.69) is 15.6 Å². The van der Waals surface area contributed by atoms with Crippen molar-refractivity contribution in [2.45, 2.75) is 5.16 Å². The molecule has 10 heteroatoms. The second kappa shape index (κ2) is 6.02. The summed E-state index contributed by atoms with van der Waals surface area (Å²) in [6.45, 7) is 0.206. The van der Waals surface area contributed by atoms with E-state index in [4.69, 9.17) is 9.47 Å². The van der Waals surface area contributed by atoms with Crippen LogP contribution in [0.2, 0.25) is 0 Å². The van der Waals surface area contributed by atoms with Gasteiger partial charge in [0.25, 0.3) is 5.69 Å². The molecule has 1 aromatic heterocycles. The quantitative estimate of drug-likeness (QED) is 0.545. The van der Waals surface area contributed by atoms with E-state index in [-0.39, 0.29) is 12.5 Å². The summed E-state index contributed by atoms with van der Waals surface area (Å²) in [4.78, 5) is 10.4. The Morgan fingerprint density at radius 2 is 1.85 bits per heavy atom. The number of ether oxygens (including phenoxy) is 2. The zero-order chi connectivity index (χ0) is 18.4. The minimum absolute atomic E-state index is 0.0499. The van der Waals surface area contributed by atoms with E-state index in [0.717, 1.165) is 16.8 Å². The number of nitrogens with one attached hydrogen (secondary N) is 1. The number of nitrogens with zero attached hydrogens (tertiary/aromatic N) is 4. The smallest absolute Gasteiger partial charge is 0.269 e. The van der Waals surface area contributed by atoms with Crippen molar-refractivity contribution in [1.29, 1.82) is 0 Å². The van der Waals surface area contributed by atoms with Gasteiger partial charge in [0, 0.05) is 28.7 Å². The zero-order valence-corrected chi connectivity index (χ0v) is 14.5. The van der Waals surface area contributed by atoms with Gasteiger partial charge in [-0.3, -0.25) is 15.5 Å². The molecule has 2 aliphatic heterocycles. The Balaban J connectivity index is 1.47. The van der Waals surface area contributed by atoms with Gasteiger partial charge < -0.3 is 9.47 Å². The first-order valence-corrected chi connectivity index (χ1v) is 8.81. The molecule has 0 saturated heterocycles. The van der Waals surface area contributed by atoms with Gasteiger partial charge in [-0.2, -0.15) is 0 Å². The van der Waals surface area contributed by atoms with E-state index in [0.29, 0.717) is 22.5 Å². The van der Waals surface area contributed by atoms with Crippen molar-refractivity contribution in [2.24, 2.45) is 0 Å². The summed E-state index contributed by atoms with van der Waals surface area (Å²) in [5.74, 6) is 1.99. The normalized spacial score (nSPS) is 14.3. The maximum atomic E-state index is 10.8. The molecule has 9 nitrogen and oxygen atoms in total. The first-order chi connectivity index (χ1) is 13.2. The molecule has 0 spiro atoms. The Bertz CT molecular complexity index is 1090. The largest absolute Gasteiger partial charge is 0.454 e. The van der Waals surface area contributed by atoms with Crippen LogP contribution in [-0.2, 0) is 0 Å². The van der Waals surface area contributed by atoms with Crippen LogP contribution in [-0.4, -0.2) is 26.6 Å². The van der Waals surface area contributed by atoms with Gasteiger partial charge in [-0.15, -0.1) is 10.2 Å². The minimum atomic E-state index is -0.420. The third-order valence-corrected chi connectivity index (χ3v) is 5.00. The molecule has 0 amide bonds. The van der Waals surface area contributed by atoms with Gasteiger partial charge in [-0.1, -0.05) is 11.8 Å². The Labute approximate surface area is 156 Å². The monoisotopic (exact) mass is 381 g/mol.